The SMILES string of the molecule is COc1cc(N2CCN(C3COC3)CC2)ccc1Nc1ncc(-c2ccc(Cl)c(O[C@@H](C)Cn3cnnn3)c2)cn1. The van der Waals surface area contributed by atoms with Crippen molar-refractivity contribution >= 4 is 28.9 Å². The van der Waals surface area contributed by atoms with Crippen LogP contribution >= 0.6 is 11.6 Å². The van der Waals surface area contributed by atoms with Crippen molar-refractivity contribution in [2.45, 2.75) is 25.6 Å². The van der Waals surface area contributed by atoms with E-state index in [1.807, 2.05) is 25.1 Å². The molecule has 1 N–H and O–H groups in total. The summed E-state index contributed by atoms with van der Waals surface area (Å²) < 4.78 is 18.7. The lowest BCUT2D eigenvalue weighted by molar-refractivity contribution is -0.0660. The molecule has 0 aliphatic carbocycles. The van der Waals surface area contributed by atoms with E-state index in [1.54, 1.807) is 36.6 Å². The van der Waals surface area contributed by atoms with E-state index in [9.17, 15) is 0 Å². The van der Waals surface area contributed by atoms with Crippen LogP contribution in [0.15, 0.2) is 55.1 Å². The van der Waals surface area contributed by atoms with Gasteiger partial charge in [0.05, 0.1) is 43.6 Å². The zero-order valence-electron chi connectivity index (χ0n) is 23.0. The smallest absolute Gasteiger partial charge is 0.227 e. The summed E-state index contributed by atoms with van der Waals surface area (Å²) in [5, 5.41) is 15.0. The Hall–Kier alpha value is -4.00. The quantitative estimate of drug-likeness (QED) is 0.298. The lowest BCUT2D eigenvalue weighted by Crippen LogP contribution is -2.56. The Bertz CT molecular complexity index is 1440. The van der Waals surface area contributed by atoms with Gasteiger partial charge in [-0.25, -0.2) is 14.6 Å². The van der Waals surface area contributed by atoms with Crippen molar-refractivity contribution in [3.63, 3.8) is 0 Å². The highest BCUT2D eigenvalue weighted by atomic mass is 35.5. The van der Waals surface area contributed by atoms with E-state index in [4.69, 9.17) is 25.8 Å². The summed E-state index contributed by atoms with van der Waals surface area (Å²) in [6.45, 7) is 8.18. The maximum atomic E-state index is 6.41. The predicted octanol–water partition coefficient (Wildman–Crippen LogP) is 3.52. The third kappa shape index (κ3) is 6.34. The first-order chi connectivity index (χ1) is 20.1. The molecule has 4 aromatic rings. The maximum absolute atomic E-state index is 6.41. The van der Waals surface area contributed by atoms with E-state index in [0.29, 0.717) is 29.3 Å². The van der Waals surface area contributed by atoms with Gasteiger partial charge in [-0.15, -0.1) is 5.10 Å². The van der Waals surface area contributed by atoms with Crippen LogP contribution in [0.3, 0.4) is 0 Å². The Morgan fingerprint density at radius 1 is 1.02 bits per heavy atom. The molecule has 0 amide bonds. The molecule has 2 aliphatic rings. The monoisotopic (exact) mass is 577 g/mol. The number of tetrazole rings is 1. The number of rotatable bonds is 10. The Morgan fingerprint density at radius 2 is 1.83 bits per heavy atom. The molecule has 13 heteroatoms. The van der Waals surface area contributed by atoms with Gasteiger partial charge in [0, 0.05) is 55.9 Å². The van der Waals surface area contributed by atoms with Crippen LogP contribution in [0.4, 0.5) is 17.3 Å². The van der Waals surface area contributed by atoms with Crippen molar-refractivity contribution in [1.82, 2.24) is 35.1 Å². The minimum Gasteiger partial charge on any atom is -0.494 e. The summed E-state index contributed by atoms with van der Waals surface area (Å²) in [6.07, 6.45) is 4.88. The van der Waals surface area contributed by atoms with Gasteiger partial charge in [0.25, 0.3) is 0 Å². The van der Waals surface area contributed by atoms with Crippen molar-refractivity contribution in [3.05, 3.63) is 60.1 Å². The van der Waals surface area contributed by atoms with Gasteiger partial charge in [-0.05, 0) is 47.2 Å². The topological polar surface area (TPSA) is 116 Å². The first kappa shape index (κ1) is 27.2. The Morgan fingerprint density at radius 3 is 2.51 bits per heavy atom. The Balaban J connectivity index is 1.10. The number of aromatic nitrogens is 6. The molecule has 2 aromatic carbocycles. The number of hydrogen-bond donors (Lipinski definition) is 1. The Labute approximate surface area is 243 Å². The minimum atomic E-state index is -0.192. The Kier molecular flexibility index (Phi) is 8.12. The molecule has 4 heterocycles. The van der Waals surface area contributed by atoms with Gasteiger partial charge in [0.15, 0.2) is 0 Å². The molecule has 2 fully saturated rings. The number of ether oxygens (including phenoxy) is 3. The first-order valence-electron chi connectivity index (χ1n) is 13.6. The van der Waals surface area contributed by atoms with Gasteiger partial charge < -0.3 is 24.4 Å². The molecule has 214 valence electrons. The van der Waals surface area contributed by atoms with Gasteiger partial charge in [-0.1, -0.05) is 17.7 Å². The molecular formula is C28H32ClN9O3. The number of hydrogen-bond acceptors (Lipinski definition) is 11. The zero-order chi connectivity index (χ0) is 28.2. The van der Waals surface area contributed by atoms with Crippen molar-refractivity contribution in [3.8, 4) is 22.6 Å². The van der Waals surface area contributed by atoms with Crippen LogP contribution in [-0.4, -0.2) is 93.7 Å². The van der Waals surface area contributed by atoms with E-state index in [2.05, 4.69) is 52.7 Å². The molecule has 1 atom stereocenters. The number of halogens is 1. The average Bonchev–Trinajstić information content (AvgIpc) is 3.47. The lowest BCUT2D eigenvalue weighted by atomic mass is 10.1. The maximum Gasteiger partial charge on any atom is 0.227 e. The molecule has 0 spiro atoms. The second-order valence-corrected chi connectivity index (χ2v) is 10.5. The van der Waals surface area contributed by atoms with Gasteiger partial charge in [0.1, 0.15) is 23.9 Å². The highest BCUT2D eigenvalue weighted by Crippen LogP contribution is 2.34. The molecule has 2 aliphatic heterocycles. The fourth-order valence-electron chi connectivity index (χ4n) is 4.98. The van der Waals surface area contributed by atoms with Crippen molar-refractivity contribution in [2.75, 3.05) is 56.7 Å². The largest absolute Gasteiger partial charge is 0.494 e. The summed E-state index contributed by atoms with van der Waals surface area (Å²) in [5.74, 6) is 1.77. The minimum absolute atomic E-state index is 0.192. The summed E-state index contributed by atoms with van der Waals surface area (Å²) in [4.78, 5) is 14.0. The normalized spacial score (nSPS) is 16.7. The number of nitrogens with one attached hydrogen (secondary N) is 1. The van der Waals surface area contributed by atoms with Gasteiger partial charge in [0.2, 0.25) is 5.95 Å². The second-order valence-electron chi connectivity index (χ2n) is 10.1. The van der Waals surface area contributed by atoms with Gasteiger partial charge in [-0.2, -0.15) is 0 Å². The van der Waals surface area contributed by atoms with Crippen molar-refractivity contribution in [1.29, 1.82) is 0 Å². The summed E-state index contributed by atoms with van der Waals surface area (Å²) in [5.41, 5.74) is 3.66. The second kappa shape index (κ2) is 12.2. The average molecular weight is 578 g/mol. The van der Waals surface area contributed by atoms with E-state index in [1.165, 1.54) is 0 Å². The molecule has 0 saturated carbocycles. The van der Waals surface area contributed by atoms with E-state index in [-0.39, 0.29) is 6.10 Å². The van der Waals surface area contributed by atoms with Crippen LogP contribution in [-0.2, 0) is 11.3 Å². The van der Waals surface area contributed by atoms with Gasteiger partial charge in [-0.3, -0.25) is 4.90 Å². The molecule has 0 radical (unpaired) electrons. The number of nitrogens with zero attached hydrogens (tertiary/aromatic N) is 8. The van der Waals surface area contributed by atoms with Gasteiger partial charge >= 0.3 is 0 Å². The zero-order valence-corrected chi connectivity index (χ0v) is 23.7. The van der Waals surface area contributed by atoms with Crippen LogP contribution in [0, 0.1) is 0 Å². The summed E-state index contributed by atoms with van der Waals surface area (Å²) >= 11 is 6.41. The van der Waals surface area contributed by atoms with E-state index < -0.39 is 0 Å². The van der Waals surface area contributed by atoms with Crippen molar-refractivity contribution < 1.29 is 14.2 Å². The predicted molar refractivity (Wildman–Crippen MR) is 155 cm³/mol. The third-order valence-corrected chi connectivity index (χ3v) is 7.64. The van der Waals surface area contributed by atoms with E-state index >= 15 is 0 Å². The molecule has 0 bridgehead atoms. The molecule has 6 rings (SSSR count). The fourth-order valence-corrected chi connectivity index (χ4v) is 5.14. The van der Waals surface area contributed by atoms with Crippen molar-refractivity contribution in [2.24, 2.45) is 0 Å². The van der Waals surface area contributed by atoms with Crippen LogP contribution < -0.4 is 19.7 Å². The molecule has 12 nitrogen and oxygen atoms in total. The number of methoxy groups -OCH3 is 1. The standard InChI is InChI=1S/C28H32ClN9O3/c1-19(15-38-18-32-34-35-38)41-26-11-20(3-5-24(26)29)21-13-30-28(31-14-21)33-25-6-4-22(12-27(25)39-2)36-7-9-37(10-8-36)23-16-40-17-23/h3-6,11-14,18-19,23H,7-10,15-17H2,1-2H3,(H,30,31,33)/t19-/m0/s1. The van der Waals surface area contributed by atoms with Crippen LogP contribution in [0.2, 0.25) is 5.02 Å². The number of anilines is 3. The number of piperazine rings is 1. The lowest BCUT2D eigenvalue weighted by Gasteiger charge is -2.43. The summed E-state index contributed by atoms with van der Waals surface area (Å²) in [6, 6.07) is 12.4. The molecule has 2 aromatic heterocycles. The fraction of sp³-hybridized carbons (Fsp3) is 0.393. The van der Waals surface area contributed by atoms with E-state index in [0.717, 1.165) is 67.6 Å². The molecule has 0 unspecified atom stereocenters. The first-order valence-corrected chi connectivity index (χ1v) is 13.9. The number of benzene rings is 2. The van der Waals surface area contributed by atoms with Crippen LogP contribution in [0.25, 0.3) is 11.1 Å². The van der Waals surface area contributed by atoms with Crippen LogP contribution in [0.5, 0.6) is 11.5 Å². The highest BCUT2D eigenvalue weighted by Gasteiger charge is 2.29. The summed E-state index contributed by atoms with van der Waals surface area (Å²) in [7, 11) is 1.67. The molecular weight excluding hydrogens is 546 g/mol. The van der Waals surface area contributed by atoms with Crippen LogP contribution in [0.1, 0.15) is 6.92 Å². The molecule has 41 heavy (non-hydrogen) atoms. The third-order valence-electron chi connectivity index (χ3n) is 7.33. The molecule has 2 saturated heterocycles. The highest BCUT2D eigenvalue weighted by molar-refractivity contribution is 6.32.